The molecule has 0 amide bonds. The average molecular weight is 235 g/mol. The molecule has 0 radical (unpaired) electrons. The van der Waals surface area contributed by atoms with Crippen LogP contribution in [0.2, 0.25) is 0 Å². The van der Waals surface area contributed by atoms with Crippen molar-refractivity contribution >= 4 is 13.6 Å². The van der Waals surface area contributed by atoms with Crippen LogP contribution in [0.1, 0.15) is 17.3 Å². The summed E-state index contributed by atoms with van der Waals surface area (Å²) in [5.41, 5.74) is 0.520. The van der Waals surface area contributed by atoms with Gasteiger partial charge >= 0.3 is 5.87 Å². The lowest BCUT2D eigenvalue weighted by molar-refractivity contribution is -0.178. The van der Waals surface area contributed by atoms with Gasteiger partial charge in [-0.1, -0.05) is 0 Å². The van der Waals surface area contributed by atoms with Gasteiger partial charge in [0.25, 0.3) is 7.85 Å². The molecule has 1 aromatic rings. The van der Waals surface area contributed by atoms with Crippen LogP contribution in [-0.4, -0.2) is 37.7 Å². The van der Waals surface area contributed by atoms with Crippen molar-refractivity contribution in [2.24, 2.45) is 0 Å². The summed E-state index contributed by atoms with van der Waals surface area (Å²) in [4.78, 5) is 11.9. The topological polar surface area (TPSA) is 67.8 Å². The van der Waals surface area contributed by atoms with Crippen LogP contribution >= 0.6 is 0 Å². The average Bonchev–Trinajstić information content (AvgIpc) is 2.59. The van der Waals surface area contributed by atoms with Gasteiger partial charge < -0.3 is 19.9 Å². The molecule has 17 heavy (non-hydrogen) atoms. The minimum absolute atomic E-state index is 0.0366. The summed E-state index contributed by atoms with van der Waals surface area (Å²) >= 11 is 0. The molecule has 0 fully saturated rings. The van der Waals surface area contributed by atoms with Gasteiger partial charge in [0.05, 0.1) is 6.04 Å². The van der Waals surface area contributed by atoms with Gasteiger partial charge in [-0.15, -0.1) is 0 Å². The second-order valence-corrected chi connectivity index (χ2v) is 4.14. The van der Waals surface area contributed by atoms with Crippen molar-refractivity contribution < 1.29 is 19.4 Å². The molecule has 5 nitrogen and oxygen atoms in total. The van der Waals surface area contributed by atoms with Crippen LogP contribution in [0.4, 0.5) is 0 Å². The van der Waals surface area contributed by atoms with Crippen LogP contribution < -0.4 is 14.8 Å². The van der Waals surface area contributed by atoms with E-state index in [2.05, 4.69) is 5.32 Å². The first-order chi connectivity index (χ1) is 7.93. The maximum Gasteiger partial charge on any atom is 0.310 e. The standard InChI is InChI=1S/C11H14BNO4/c1-6(13-2)10(14)7-3-4-8-9(5-7)17-11(12,15)16-8/h3-6,13,15H,12H2,1-2H3/t6-,11?/m0/s1. The number of hydrogen-bond acceptors (Lipinski definition) is 5. The molecule has 1 aliphatic rings. The number of hydrogen-bond donors (Lipinski definition) is 2. The molecule has 2 rings (SSSR count). The number of benzene rings is 1. The van der Waals surface area contributed by atoms with Crippen LogP contribution in [0.25, 0.3) is 0 Å². The van der Waals surface area contributed by atoms with Gasteiger partial charge in [0.1, 0.15) is 0 Å². The first-order valence-corrected chi connectivity index (χ1v) is 5.39. The van der Waals surface area contributed by atoms with E-state index in [9.17, 15) is 9.90 Å². The summed E-state index contributed by atoms with van der Waals surface area (Å²) in [6.07, 6.45) is 0. The number of aliphatic hydroxyl groups is 1. The highest BCUT2D eigenvalue weighted by Crippen LogP contribution is 2.37. The number of rotatable bonds is 3. The second kappa shape index (κ2) is 4.05. The van der Waals surface area contributed by atoms with Gasteiger partial charge in [0, 0.05) is 5.56 Å². The van der Waals surface area contributed by atoms with Crippen molar-refractivity contribution in [3.8, 4) is 11.5 Å². The molecule has 1 heterocycles. The summed E-state index contributed by atoms with van der Waals surface area (Å²) in [5.74, 6) is -0.878. The van der Waals surface area contributed by atoms with Crippen LogP contribution in [0.15, 0.2) is 18.2 Å². The fourth-order valence-electron chi connectivity index (χ4n) is 1.64. The van der Waals surface area contributed by atoms with Gasteiger partial charge in [-0.2, -0.15) is 0 Å². The Morgan fingerprint density at radius 3 is 2.76 bits per heavy atom. The third kappa shape index (κ3) is 2.27. The van der Waals surface area contributed by atoms with E-state index in [-0.39, 0.29) is 11.8 Å². The number of ether oxygens (including phenoxy) is 2. The SMILES string of the molecule is BC1(O)Oc2ccc(C(=O)[C@H](C)NC)cc2O1. The number of carbonyl (C=O) groups is 1. The van der Waals surface area contributed by atoms with E-state index in [4.69, 9.17) is 9.47 Å². The third-order valence-electron chi connectivity index (χ3n) is 2.65. The molecule has 1 unspecified atom stereocenters. The predicted molar refractivity (Wildman–Crippen MR) is 64.0 cm³/mol. The zero-order valence-corrected chi connectivity index (χ0v) is 9.98. The first kappa shape index (κ1) is 11.9. The van der Waals surface area contributed by atoms with E-state index in [1.165, 1.54) is 7.85 Å². The van der Waals surface area contributed by atoms with E-state index in [1.54, 1.807) is 32.2 Å². The van der Waals surface area contributed by atoms with Crippen LogP contribution in [0.5, 0.6) is 11.5 Å². The number of likely N-dealkylation sites (N-methyl/N-ethyl adjacent to an activating group) is 1. The van der Waals surface area contributed by atoms with Crippen molar-refractivity contribution in [2.45, 2.75) is 18.8 Å². The first-order valence-electron chi connectivity index (χ1n) is 5.39. The predicted octanol–water partition coefficient (Wildman–Crippen LogP) is -0.515. The van der Waals surface area contributed by atoms with Gasteiger partial charge in [-0.25, -0.2) is 0 Å². The van der Waals surface area contributed by atoms with Gasteiger partial charge in [0.15, 0.2) is 17.3 Å². The molecule has 1 aromatic carbocycles. The number of fused-ring (bicyclic) bond motifs is 1. The highest BCUT2D eigenvalue weighted by molar-refractivity contribution is 6.12. The van der Waals surface area contributed by atoms with Crippen molar-refractivity contribution in [1.82, 2.24) is 5.32 Å². The van der Waals surface area contributed by atoms with Crippen molar-refractivity contribution in [3.63, 3.8) is 0 Å². The molecule has 2 atom stereocenters. The van der Waals surface area contributed by atoms with Crippen LogP contribution in [-0.2, 0) is 0 Å². The fraction of sp³-hybridized carbons (Fsp3) is 0.364. The Labute approximate surface area is 100 Å². The zero-order valence-electron chi connectivity index (χ0n) is 9.98. The van der Waals surface area contributed by atoms with E-state index in [0.717, 1.165) is 0 Å². The van der Waals surface area contributed by atoms with Gasteiger partial charge in [0.2, 0.25) is 0 Å². The molecule has 0 saturated heterocycles. The third-order valence-corrected chi connectivity index (χ3v) is 2.65. The van der Waals surface area contributed by atoms with Crippen molar-refractivity contribution in [3.05, 3.63) is 23.8 Å². The lowest BCUT2D eigenvalue weighted by atomic mass is 10.1. The summed E-state index contributed by atoms with van der Waals surface area (Å²) in [7, 11) is 3.12. The normalized spacial score (nSPS) is 23.5. The van der Waals surface area contributed by atoms with Crippen molar-refractivity contribution in [1.29, 1.82) is 0 Å². The lowest BCUT2D eigenvalue weighted by Crippen LogP contribution is -2.38. The molecule has 0 aromatic heterocycles. The molecule has 2 N–H and O–H groups in total. The van der Waals surface area contributed by atoms with E-state index in [1.807, 2.05) is 0 Å². The summed E-state index contributed by atoms with van der Waals surface area (Å²) in [6, 6.07) is 4.58. The number of ketones is 1. The van der Waals surface area contributed by atoms with Gasteiger partial charge in [-0.3, -0.25) is 4.79 Å². The highest BCUT2D eigenvalue weighted by atomic mass is 16.8. The Morgan fingerprint density at radius 2 is 2.12 bits per heavy atom. The molecule has 1 aliphatic heterocycles. The molecule has 0 spiro atoms. The number of nitrogens with one attached hydrogen (secondary N) is 1. The van der Waals surface area contributed by atoms with E-state index in [0.29, 0.717) is 17.1 Å². The van der Waals surface area contributed by atoms with E-state index >= 15 is 0 Å². The fourth-order valence-corrected chi connectivity index (χ4v) is 1.64. The lowest BCUT2D eigenvalue weighted by Gasteiger charge is -2.14. The number of carbonyl (C=O) groups excluding carboxylic acids is 1. The van der Waals surface area contributed by atoms with Gasteiger partial charge in [-0.05, 0) is 32.2 Å². The van der Waals surface area contributed by atoms with Crippen LogP contribution in [0.3, 0.4) is 0 Å². The zero-order chi connectivity index (χ0) is 12.6. The largest absolute Gasteiger partial charge is 0.435 e. The molecule has 90 valence electrons. The minimum atomic E-state index is -1.65. The molecular weight excluding hydrogens is 221 g/mol. The Bertz CT molecular complexity index is 461. The summed E-state index contributed by atoms with van der Waals surface area (Å²) in [6.45, 7) is 1.78. The minimum Gasteiger partial charge on any atom is -0.435 e. The maximum absolute atomic E-state index is 11.9. The van der Waals surface area contributed by atoms with Crippen molar-refractivity contribution in [2.75, 3.05) is 7.05 Å². The molecule has 6 heteroatoms. The molecule has 0 aliphatic carbocycles. The quantitative estimate of drug-likeness (QED) is 0.545. The summed E-state index contributed by atoms with van der Waals surface area (Å²) in [5, 5.41) is 12.4. The Hall–Kier alpha value is -1.53. The Kier molecular flexibility index (Phi) is 2.85. The highest BCUT2D eigenvalue weighted by Gasteiger charge is 2.34. The van der Waals surface area contributed by atoms with E-state index < -0.39 is 5.87 Å². The molecule has 0 bridgehead atoms. The Morgan fingerprint density at radius 1 is 1.47 bits per heavy atom. The maximum atomic E-state index is 11.9. The Balaban J connectivity index is 2.28. The summed E-state index contributed by atoms with van der Waals surface area (Å²) < 4.78 is 10.3. The monoisotopic (exact) mass is 235 g/mol. The second-order valence-electron chi connectivity index (χ2n) is 4.14. The molecule has 0 saturated carbocycles. The smallest absolute Gasteiger partial charge is 0.310 e. The molecular formula is C11H14BNO4. The number of Topliss-reactive ketones (excluding diaryl/α,β-unsaturated/α-hetero) is 1. The van der Waals surface area contributed by atoms with Crippen LogP contribution in [0, 0.1) is 0 Å².